The van der Waals surface area contributed by atoms with Gasteiger partial charge in [0, 0.05) is 6.42 Å². The van der Waals surface area contributed by atoms with E-state index in [0.717, 1.165) is 0 Å². The van der Waals surface area contributed by atoms with Crippen LogP contribution in [0.15, 0.2) is 6.33 Å². The van der Waals surface area contributed by atoms with Gasteiger partial charge in [-0.2, -0.15) is 14.9 Å². The molecule has 48 heavy (non-hydrogen) atoms. The molecule has 18 heteroatoms. The first-order valence-electron chi connectivity index (χ1n) is 15.7. The highest BCUT2D eigenvalue weighted by Crippen LogP contribution is 2.49. The van der Waals surface area contributed by atoms with Crippen LogP contribution in [0.4, 0.5) is 15.4 Å². The lowest BCUT2D eigenvalue weighted by Gasteiger charge is -2.28. The molecule has 0 radical (unpaired) electrons. The molecule has 0 aliphatic carbocycles. The van der Waals surface area contributed by atoms with Crippen molar-refractivity contribution >= 4 is 54.1 Å². The monoisotopic (exact) mass is 717 g/mol. The molecule has 2 amide bonds. The van der Waals surface area contributed by atoms with E-state index in [0.29, 0.717) is 4.90 Å². The zero-order valence-corrected chi connectivity index (χ0v) is 30.6. The number of rotatable bonds is 11. The maximum atomic E-state index is 13.4. The number of nitrogens with zero attached hydrogens (tertiary/aromatic N) is 5. The molecule has 2 aliphatic heterocycles. The smallest absolute Gasteiger partial charge is 0.425 e. The number of aromatic nitrogens is 4. The summed E-state index contributed by atoms with van der Waals surface area (Å²) in [4.78, 5) is 53.3. The SMILES string of the molecule is CCOP(=O)(CC(=O)CC[C@H]1O[C@@H](n2cnc3c(N(C(=O)OC(C)(C)C)C(=O)OC(C)(C)C)nc(Cl)nc32)C2OC(C)(C)OC21)OCC. The molecule has 2 aromatic heterocycles. The number of hydrogen-bond acceptors (Lipinski definition) is 14. The van der Waals surface area contributed by atoms with E-state index < -0.39 is 61.3 Å². The third kappa shape index (κ3) is 9.09. The van der Waals surface area contributed by atoms with Crippen LogP contribution in [-0.4, -0.2) is 92.2 Å². The number of fused-ring (bicyclic) bond motifs is 2. The minimum absolute atomic E-state index is 0.0120. The Morgan fingerprint density at radius 1 is 0.979 bits per heavy atom. The molecule has 2 saturated heterocycles. The number of carbonyl (C=O) groups excluding carboxylic acids is 3. The summed E-state index contributed by atoms with van der Waals surface area (Å²) in [6, 6.07) is 0. The predicted molar refractivity (Wildman–Crippen MR) is 173 cm³/mol. The van der Waals surface area contributed by atoms with E-state index in [1.807, 2.05) is 0 Å². The molecule has 2 unspecified atom stereocenters. The van der Waals surface area contributed by atoms with E-state index in [4.69, 9.17) is 44.3 Å². The second-order valence-corrected chi connectivity index (χ2v) is 16.1. The van der Waals surface area contributed by atoms with Gasteiger partial charge in [0.1, 0.15) is 35.4 Å². The molecule has 16 nitrogen and oxygen atoms in total. The molecule has 2 aromatic rings. The summed E-state index contributed by atoms with van der Waals surface area (Å²) in [6.07, 6.45) is -3.64. The van der Waals surface area contributed by atoms with Gasteiger partial charge in [0.25, 0.3) is 0 Å². The fourth-order valence-corrected chi connectivity index (χ4v) is 7.11. The van der Waals surface area contributed by atoms with Crippen LogP contribution >= 0.6 is 19.2 Å². The van der Waals surface area contributed by atoms with Crippen molar-refractivity contribution in [3.63, 3.8) is 0 Å². The van der Waals surface area contributed by atoms with Crippen LogP contribution in [0.5, 0.6) is 0 Å². The maximum Gasteiger partial charge on any atom is 0.425 e. The van der Waals surface area contributed by atoms with Crippen molar-refractivity contribution in [1.82, 2.24) is 19.5 Å². The Balaban J connectivity index is 1.67. The lowest BCUT2D eigenvalue weighted by Crippen LogP contribution is -2.44. The van der Waals surface area contributed by atoms with Gasteiger partial charge >= 0.3 is 19.8 Å². The number of ketones is 1. The second-order valence-electron chi connectivity index (χ2n) is 13.7. The second kappa shape index (κ2) is 14.3. The van der Waals surface area contributed by atoms with Gasteiger partial charge in [-0.15, -0.1) is 0 Å². The molecule has 268 valence electrons. The summed E-state index contributed by atoms with van der Waals surface area (Å²) in [5, 5.41) is -0.301. The molecule has 0 saturated carbocycles. The summed E-state index contributed by atoms with van der Waals surface area (Å²) < 4.78 is 54.8. The van der Waals surface area contributed by atoms with Gasteiger partial charge in [0.05, 0.1) is 25.6 Å². The van der Waals surface area contributed by atoms with Gasteiger partial charge in [-0.3, -0.25) is 13.9 Å². The van der Waals surface area contributed by atoms with E-state index in [9.17, 15) is 18.9 Å². The van der Waals surface area contributed by atoms with Gasteiger partial charge < -0.3 is 32.7 Å². The number of Topliss-reactive ketones (excluding diaryl/α,β-unsaturated/α-hetero) is 1. The molecule has 0 spiro atoms. The van der Waals surface area contributed by atoms with Crippen molar-refractivity contribution < 1.29 is 51.7 Å². The minimum Gasteiger partial charge on any atom is -0.443 e. The summed E-state index contributed by atoms with van der Waals surface area (Å²) in [6.45, 7) is 17.0. The van der Waals surface area contributed by atoms with E-state index in [1.54, 1.807) is 69.2 Å². The van der Waals surface area contributed by atoms with Gasteiger partial charge in [0.2, 0.25) is 5.28 Å². The average molecular weight is 718 g/mol. The summed E-state index contributed by atoms with van der Waals surface area (Å²) in [7, 11) is -3.57. The van der Waals surface area contributed by atoms with E-state index >= 15 is 0 Å². The van der Waals surface area contributed by atoms with Crippen LogP contribution in [0.25, 0.3) is 11.2 Å². The zero-order chi connectivity index (χ0) is 35.8. The first kappa shape index (κ1) is 38.1. The normalized spacial score (nSPS) is 22.5. The highest BCUT2D eigenvalue weighted by atomic mass is 35.5. The molecule has 4 rings (SSSR count). The summed E-state index contributed by atoms with van der Waals surface area (Å²) >= 11 is 6.37. The van der Waals surface area contributed by atoms with Crippen LogP contribution in [0, 0.1) is 0 Å². The molecule has 0 N–H and O–H groups in total. The standard InChI is InChI=1S/C30H45ClN5O11P/c1-11-41-48(40,42-12-2)15-17(37)13-14-18-20-21(45-30(9,10)44-20)24(43-18)35-16-32-19-22(35)33-25(31)34-23(19)36(26(38)46-28(3,4)5)27(39)47-29(6,7)8/h16,18,20-21,24H,11-15H2,1-10H3/t18-,20?,21?,24-/m1/s1. The number of ether oxygens (including phenoxy) is 5. The Bertz CT molecular complexity index is 1530. The van der Waals surface area contributed by atoms with Crippen LogP contribution in [0.2, 0.25) is 5.28 Å². The number of hydrogen-bond donors (Lipinski definition) is 0. The zero-order valence-electron chi connectivity index (χ0n) is 29.0. The van der Waals surface area contributed by atoms with E-state index in [-0.39, 0.29) is 60.3 Å². The number of halogens is 1. The fraction of sp³-hybridized carbons (Fsp3) is 0.733. The Kier molecular flexibility index (Phi) is 11.3. The molecule has 4 heterocycles. The van der Waals surface area contributed by atoms with E-state index in [1.165, 1.54) is 10.9 Å². The number of imidazole rings is 1. The quantitative estimate of drug-likeness (QED) is 0.190. The van der Waals surface area contributed by atoms with Crippen LogP contribution < -0.4 is 4.90 Å². The lowest BCUT2D eigenvalue weighted by atomic mass is 10.0. The van der Waals surface area contributed by atoms with E-state index in [2.05, 4.69) is 15.0 Å². The van der Waals surface area contributed by atoms with Gasteiger partial charge in [-0.1, -0.05) is 0 Å². The number of amides is 2. The predicted octanol–water partition coefficient (Wildman–Crippen LogP) is 6.19. The van der Waals surface area contributed by atoms with Crippen molar-refractivity contribution in [2.45, 2.75) is 124 Å². The topological polar surface area (TPSA) is 180 Å². The highest BCUT2D eigenvalue weighted by molar-refractivity contribution is 7.54. The Labute approximate surface area is 284 Å². The van der Waals surface area contributed by atoms with Crippen LogP contribution in [0.1, 0.15) is 88.3 Å². The molecule has 0 bridgehead atoms. The third-order valence-electron chi connectivity index (χ3n) is 6.87. The fourth-order valence-electron chi connectivity index (χ4n) is 5.32. The van der Waals surface area contributed by atoms with Crippen molar-refractivity contribution in [1.29, 1.82) is 0 Å². The maximum absolute atomic E-state index is 13.4. The number of anilines is 1. The number of carbonyl (C=O) groups is 3. The first-order chi connectivity index (χ1) is 22.2. The van der Waals surface area contributed by atoms with Crippen molar-refractivity contribution in [2.24, 2.45) is 0 Å². The van der Waals surface area contributed by atoms with Crippen molar-refractivity contribution in [3.8, 4) is 0 Å². The molecular weight excluding hydrogens is 673 g/mol. The van der Waals surface area contributed by atoms with Gasteiger partial charge in [0.15, 0.2) is 29.0 Å². The Morgan fingerprint density at radius 3 is 2.08 bits per heavy atom. The first-order valence-corrected chi connectivity index (χ1v) is 17.8. The van der Waals surface area contributed by atoms with Crippen LogP contribution in [0.3, 0.4) is 0 Å². The van der Waals surface area contributed by atoms with Crippen molar-refractivity contribution in [3.05, 3.63) is 11.6 Å². The lowest BCUT2D eigenvalue weighted by molar-refractivity contribution is -0.197. The van der Waals surface area contributed by atoms with Crippen LogP contribution in [-0.2, 0) is 42.1 Å². The molecule has 0 aromatic carbocycles. The summed E-state index contributed by atoms with van der Waals surface area (Å²) in [5.41, 5.74) is -1.79. The Morgan fingerprint density at radius 2 is 1.54 bits per heavy atom. The molecule has 2 aliphatic rings. The van der Waals surface area contributed by atoms with Gasteiger partial charge in [-0.25, -0.2) is 14.6 Å². The largest absolute Gasteiger partial charge is 0.443 e. The molecular formula is C30H45ClN5O11P. The number of imide groups is 1. The molecule has 2 fully saturated rings. The molecule has 4 atom stereocenters. The third-order valence-corrected chi connectivity index (χ3v) is 9.08. The summed E-state index contributed by atoms with van der Waals surface area (Å²) in [5.74, 6) is -1.57. The Hall–Kier alpha value is -2.72. The van der Waals surface area contributed by atoms with Crippen molar-refractivity contribution in [2.75, 3.05) is 24.3 Å². The average Bonchev–Trinajstić information content (AvgIpc) is 3.56. The highest BCUT2D eigenvalue weighted by Gasteiger charge is 2.56. The van der Waals surface area contributed by atoms with Gasteiger partial charge in [-0.05, 0) is 87.3 Å². The minimum atomic E-state index is -3.57.